The minimum Gasteiger partial charge on any atom is -0.491 e. The fraction of sp³-hybridized carbons (Fsp3) is 0.424. The van der Waals surface area contributed by atoms with E-state index in [4.69, 9.17) is 42.1 Å². The molecule has 0 aliphatic heterocycles. The van der Waals surface area contributed by atoms with Crippen molar-refractivity contribution in [3.8, 4) is 17.2 Å². The van der Waals surface area contributed by atoms with E-state index in [0.717, 1.165) is 31.9 Å². The van der Waals surface area contributed by atoms with Crippen LogP contribution in [-0.4, -0.2) is 52.5 Å². The average Bonchev–Trinajstić information content (AvgIpc) is 3.96. The highest BCUT2D eigenvalue weighted by Gasteiger charge is 2.29. The maximum absolute atomic E-state index is 13.4. The lowest BCUT2D eigenvalue weighted by molar-refractivity contribution is -0.377. The summed E-state index contributed by atoms with van der Waals surface area (Å²) in [6, 6.07) is 8.23. The van der Waals surface area contributed by atoms with Gasteiger partial charge in [0.25, 0.3) is 0 Å². The van der Waals surface area contributed by atoms with Gasteiger partial charge in [-0.15, -0.1) is 0 Å². The number of H-pyrrole nitrogens is 1. The maximum Gasteiger partial charge on any atom is 0.387 e. The van der Waals surface area contributed by atoms with Gasteiger partial charge in [-0.25, -0.2) is 23.0 Å². The summed E-state index contributed by atoms with van der Waals surface area (Å²) in [5.41, 5.74) is 0.939. The number of carbonyl (C=O) groups excluding carboxylic acids is 2. The Kier molecular flexibility index (Phi) is 11.7. The smallest absolute Gasteiger partial charge is 0.387 e. The number of nitrogens with one attached hydrogen (secondary N) is 2. The zero-order valence-corrected chi connectivity index (χ0v) is 28.9. The van der Waals surface area contributed by atoms with E-state index in [-0.39, 0.29) is 45.0 Å². The van der Waals surface area contributed by atoms with Crippen LogP contribution in [0.15, 0.2) is 48.8 Å². The van der Waals surface area contributed by atoms with Crippen LogP contribution in [0.25, 0.3) is 0 Å². The van der Waals surface area contributed by atoms with Gasteiger partial charge < -0.3 is 23.7 Å². The molecule has 264 valence electrons. The molecule has 16 heteroatoms. The molecular weight excluding hydrogens is 709 g/mol. The first-order chi connectivity index (χ1) is 23.3. The Hall–Kier alpha value is -3.88. The second-order valence-electron chi connectivity index (χ2n) is 12.0. The zero-order chi connectivity index (χ0) is 35.3. The molecule has 1 aromatic heterocycles. The van der Waals surface area contributed by atoms with Crippen molar-refractivity contribution in [2.45, 2.75) is 57.8 Å². The Bertz CT molecular complexity index is 1770. The zero-order valence-electron chi connectivity index (χ0n) is 26.5. The molecule has 0 saturated heterocycles. The molecule has 11 nitrogen and oxygen atoms in total. The Morgan fingerprint density at radius 1 is 0.918 bits per heavy atom. The van der Waals surface area contributed by atoms with Gasteiger partial charge in [0.2, 0.25) is 10.0 Å². The van der Waals surface area contributed by atoms with E-state index in [0.29, 0.717) is 36.2 Å². The molecule has 1 heterocycles. The summed E-state index contributed by atoms with van der Waals surface area (Å²) in [5, 5.41) is 0.508. The topological polar surface area (TPSA) is 141 Å². The quantitative estimate of drug-likeness (QED) is 0.155. The second-order valence-corrected chi connectivity index (χ2v) is 14.5. The van der Waals surface area contributed by atoms with Crippen LogP contribution in [0, 0.1) is 11.8 Å². The number of ether oxygens (including phenoxy) is 5. The molecular formula is C33H35Cl2F2N2O9S+. The normalized spacial score (nSPS) is 15.7. The van der Waals surface area contributed by atoms with Crippen molar-refractivity contribution in [3.63, 3.8) is 0 Å². The van der Waals surface area contributed by atoms with Crippen LogP contribution in [0.2, 0.25) is 10.0 Å². The first-order valence-electron chi connectivity index (χ1n) is 15.5. The van der Waals surface area contributed by atoms with Crippen LogP contribution in [0.1, 0.15) is 60.2 Å². The van der Waals surface area contributed by atoms with Crippen molar-refractivity contribution in [1.82, 2.24) is 0 Å². The number of anilines is 1. The number of aromatic amines is 1. The van der Waals surface area contributed by atoms with Gasteiger partial charge >= 0.3 is 18.6 Å². The number of halogens is 4. The minimum atomic E-state index is -3.64. The molecule has 0 spiro atoms. The summed E-state index contributed by atoms with van der Waals surface area (Å²) in [7, 11) is -3.64. The number of rotatable bonds is 17. The van der Waals surface area contributed by atoms with Crippen molar-refractivity contribution in [2.24, 2.45) is 11.8 Å². The number of hydrogen-bond donors (Lipinski definition) is 1. The predicted octanol–water partition coefficient (Wildman–Crippen LogP) is 6.43. The van der Waals surface area contributed by atoms with E-state index >= 15 is 0 Å². The first-order valence-corrected chi connectivity index (χ1v) is 18.1. The number of sulfonamides is 1. The van der Waals surface area contributed by atoms with Crippen molar-refractivity contribution in [1.29, 1.82) is 0 Å². The molecule has 0 unspecified atom stereocenters. The van der Waals surface area contributed by atoms with Gasteiger partial charge in [0.05, 0.1) is 30.7 Å². The fourth-order valence-electron chi connectivity index (χ4n) is 4.67. The van der Waals surface area contributed by atoms with Gasteiger partial charge in [-0.1, -0.05) is 29.3 Å². The second kappa shape index (κ2) is 15.8. The van der Waals surface area contributed by atoms with E-state index in [2.05, 4.69) is 14.4 Å². The highest BCUT2D eigenvalue weighted by Crippen LogP contribution is 2.38. The SMILES string of the molecule is C[C@H](OC(=O)c1ccc(NS(C)(=O)=O)c(OCC2CC2)c1)C(=O)O[C@@H](Cc1c(Cl)c[nH+]cc1Cl)c1ccc(OC(F)F)c(OCC2CC2)c1. The maximum atomic E-state index is 13.4. The third-order valence-electron chi connectivity index (χ3n) is 7.67. The van der Waals surface area contributed by atoms with E-state index < -0.39 is 40.8 Å². The molecule has 49 heavy (non-hydrogen) atoms. The lowest BCUT2D eigenvalue weighted by atomic mass is 10.0. The predicted molar refractivity (Wildman–Crippen MR) is 175 cm³/mol. The lowest BCUT2D eigenvalue weighted by Gasteiger charge is -2.23. The van der Waals surface area contributed by atoms with Crippen LogP contribution < -0.4 is 23.9 Å². The molecule has 2 aliphatic carbocycles. The molecule has 2 atom stereocenters. The molecule has 0 bridgehead atoms. The number of aromatic nitrogens is 1. The summed E-state index contributed by atoms with van der Waals surface area (Å²) in [4.78, 5) is 29.4. The molecule has 0 radical (unpaired) electrons. The molecule has 2 aromatic carbocycles. The monoisotopic (exact) mass is 743 g/mol. The molecule has 2 fully saturated rings. The Morgan fingerprint density at radius 3 is 2.14 bits per heavy atom. The standard InChI is InChI=1S/C33H34Cl2F2N2O9S/c1-18(46-32(41)22-7-9-26(39-49(2,42)43)29(12-22)44-16-19-3-4-19)31(40)47-28(13-23-24(34)14-38-15-25(23)35)21-8-10-27(48-33(36)37)30(11-21)45-17-20-5-6-20/h7-12,14-15,18-20,28,33,39H,3-6,13,16-17H2,1-2H3/p+1/t18-,28-/m0/s1. The van der Waals surface area contributed by atoms with E-state index in [9.17, 15) is 26.8 Å². The van der Waals surface area contributed by atoms with Crippen LogP contribution in [0.3, 0.4) is 0 Å². The lowest BCUT2D eigenvalue weighted by Crippen LogP contribution is -2.28. The van der Waals surface area contributed by atoms with Crippen molar-refractivity contribution < 1.29 is 55.5 Å². The van der Waals surface area contributed by atoms with Crippen LogP contribution in [0.4, 0.5) is 14.5 Å². The van der Waals surface area contributed by atoms with Gasteiger partial charge in [0, 0.05) is 12.0 Å². The van der Waals surface area contributed by atoms with E-state index in [1.54, 1.807) is 0 Å². The van der Waals surface area contributed by atoms with E-state index in [1.165, 1.54) is 55.7 Å². The van der Waals surface area contributed by atoms with Crippen LogP contribution >= 0.6 is 23.2 Å². The third kappa shape index (κ3) is 10.8. The van der Waals surface area contributed by atoms with Crippen LogP contribution in [0.5, 0.6) is 17.2 Å². The highest BCUT2D eigenvalue weighted by molar-refractivity contribution is 7.92. The van der Waals surface area contributed by atoms with Crippen LogP contribution in [-0.2, 0) is 30.7 Å². The summed E-state index contributed by atoms with van der Waals surface area (Å²) in [5.74, 6) is -1.18. The van der Waals surface area contributed by atoms with Gasteiger partial charge in [0.1, 0.15) is 21.9 Å². The molecule has 3 aromatic rings. The van der Waals surface area contributed by atoms with Crippen molar-refractivity contribution in [2.75, 3.05) is 24.2 Å². The summed E-state index contributed by atoms with van der Waals surface area (Å²) in [6.45, 7) is -1.13. The van der Waals surface area contributed by atoms with Gasteiger partial charge in [-0.2, -0.15) is 8.78 Å². The summed E-state index contributed by atoms with van der Waals surface area (Å²) >= 11 is 12.8. The van der Waals surface area contributed by atoms with Gasteiger partial charge in [0.15, 0.2) is 30.0 Å². The third-order valence-corrected chi connectivity index (χ3v) is 8.94. The summed E-state index contributed by atoms with van der Waals surface area (Å²) < 4.78 is 79.9. The Labute approximate surface area is 292 Å². The summed E-state index contributed by atoms with van der Waals surface area (Å²) in [6.07, 6.45) is 5.34. The molecule has 2 aliphatic rings. The van der Waals surface area contributed by atoms with Crippen molar-refractivity contribution in [3.05, 3.63) is 75.5 Å². The van der Waals surface area contributed by atoms with Gasteiger partial charge in [-0.05, 0) is 80.3 Å². The average molecular weight is 745 g/mol. The number of alkyl halides is 2. The molecule has 2 N–H and O–H groups in total. The Morgan fingerprint density at radius 2 is 1.55 bits per heavy atom. The Balaban J connectivity index is 1.35. The first kappa shape index (κ1) is 36.4. The number of esters is 2. The fourth-order valence-corrected chi connectivity index (χ4v) is 5.77. The van der Waals surface area contributed by atoms with Gasteiger partial charge in [-0.3, -0.25) is 4.72 Å². The highest BCUT2D eigenvalue weighted by atomic mass is 35.5. The largest absolute Gasteiger partial charge is 0.491 e. The number of carbonyl (C=O) groups is 2. The number of benzene rings is 2. The molecule has 2 saturated carbocycles. The molecule has 5 rings (SSSR count). The van der Waals surface area contributed by atoms with Crippen molar-refractivity contribution >= 4 is 50.9 Å². The minimum absolute atomic E-state index is 0.00668. The number of hydrogen-bond acceptors (Lipinski definition) is 9. The van der Waals surface area contributed by atoms with E-state index in [1.807, 2.05) is 0 Å². The number of pyridine rings is 1. The molecule has 0 amide bonds.